The molecule has 0 bridgehead atoms. The van der Waals surface area contributed by atoms with Crippen LogP contribution in [0.15, 0.2) is 42.5 Å². The summed E-state index contributed by atoms with van der Waals surface area (Å²) in [5, 5.41) is 2.93. The third-order valence-electron chi connectivity index (χ3n) is 4.09. The van der Waals surface area contributed by atoms with E-state index in [-0.39, 0.29) is 12.3 Å². The summed E-state index contributed by atoms with van der Waals surface area (Å²) >= 11 is 0. The number of methoxy groups -OCH3 is 2. The van der Waals surface area contributed by atoms with Crippen LogP contribution in [0.5, 0.6) is 11.5 Å². The second kappa shape index (κ2) is 8.97. The molecule has 0 aromatic heterocycles. The van der Waals surface area contributed by atoms with Crippen LogP contribution in [0, 0.1) is 0 Å². The first kappa shape index (κ1) is 18.6. The van der Waals surface area contributed by atoms with E-state index in [0.717, 1.165) is 30.0 Å². The van der Waals surface area contributed by atoms with Gasteiger partial charge in [-0.05, 0) is 55.8 Å². The summed E-state index contributed by atoms with van der Waals surface area (Å²) in [4.78, 5) is 14.5. The summed E-state index contributed by atoms with van der Waals surface area (Å²) in [6, 6.07) is 13.4. The Bertz CT molecular complexity index is 695. The minimum absolute atomic E-state index is 0.0668. The maximum atomic E-state index is 12.3. The number of carbonyl (C=O) groups is 1. The van der Waals surface area contributed by atoms with Crippen LogP contribution in [0.3, 0.4) is 0 Å². The van der Waals surface area contributed by atoms with Crippen molar-refractivity contribution in [3.05, 3.63) is 48.0 Å². The van der Waals surface area contributed by atoms with Gasteiger partial charge in [-0.2, -0.15) is 0 Å². The third-order valence-corrected chi connectivity index (χ3v) is 4.09. The quantitative estimate of drug-likeness (QED) is 0.794. The molecule has 2 aromatic rings. The molecule has 1 amide bonds. The van der Waals surface area contributed by atoms with E-state index in [2.05, 4.69) is 24.1 Å². The van der Waals surface area contributed by atoms with Crippen molar-refractivity contribution in [2.24, 2.45) is 0 Å². The fourth-order valence-electron chi connectivity index (χ4n) is 2.73. The van der Waals surface area contributed by atoms with Gasteiger partial charge in [0.25, 0.3) is 0 Å². The van der Waals surface area contributed by atoms with Crippen molar-refractivity contribution in [2.75, 3.05) is 37.5 Å². The zero-order valence-electron chi connectivity index (χ0n) is 15.3. The number of ether oxygens (including phenoxy) is 2. The van der Waals surface area contributed by atoms with Gasteiger partial charge in [-0.3, -0.25) is 4.79 Å². The summed E-state index contributed by atoms with van der Waals surface area (Å²) < 4.78 is 10.5. The van der Waals surface area contributed by atoms with Crippen LogP contribution >= 0.6 is 0 Å². The van der Waals surface area contributed by atoms with Gasteiger partial charge in [0.1, 0.15) is 0 Å². The van der Waals surface area contributed by atoms with Crippen LogP contribution in [0.25, 0.3) is 0 Å². The van der Waals surface area contributed by atoms with Gasteiger partial charge in [-0.25, -0.2) is 0 Å². The van der Waals surface area contributed by atoms with Crippen molar-refractivity contribution in [1.82, 2.24) is 0 Å². The highest BCUT2D eigenvalue weighted by Crippen LogP contribution is 2.27. The highest BCUT2D eigenvalue weighted by Gasteiger charge is 2.09. The van der Waals surface area contributed by atoms with Gasteiger partial charge in [0.05, 0.1) is 20.6 Å². The Hall–Kier alpha value is -2.69. The van der Waals surface area contributed by atoms with Crippen molar-refractivity contribution in [1.29, 1.82) is 0 Å². The maximum Gasteiger partial charge on any atom is 0.228 e. The van der Waals surface area contributed by atoms with Crippen LogP contribution in [0.2, 0.25) is 0 Å². The van der Waals surface area contributed by atoms with Crippen molar-refractivity contribution in [2.45, 2.75) is 20.3 Å². The van der Waals surface area contributed by atoms with Crippen LogP contribution < -0.4 is 19.7 Å². The molecule has 0 fully saturated rings. The van der Waals surface area contributed by atoms with Crippen molar-refractivity contribution in [3.8, 4) is 11.5 Å². The fraction of sp³-hybridized carbons (Fsp3) is 0.350. The fourth-order valence-corrected chi connectivity index (χ4v) is 2.73. The number of hydrogen-bond acceptors (Lipinski definition) is 4. The number of benzene rings is 2. The van der Waals surface area contributed by atoms with Crippen LogP contribution in [-0.4, -0.2) is 33.2 Å². The number of anilines is 2. The summed E-state index contributed by atoms with van der Waals surface area (Å²) in [7, 11) is 3.17. The Labute approximate surface area is 149 Å². The number of carbonyl (C=O) groups excluding carboxylic acids is 1. The molecule has 0 atom stereocenters. The first-order chi connectivity index (χ1) is 12.1. The number of hydrogen-bond donors (Lipinski definition) is 1. The Morgan fingerprint density at radius 3 is 2.16 bits per heavy atom. The predicted molar refractivity (Wildman–Crippen MR) is 102 cm³/mol. The summed E-state index contributed by atoms with van der Waals surface area (Å²) in [6.07, 6.45) is 0.276. The van der Waals surface area contributed by atoms with E-state index >= 15 is 0 Å². The number of amides is 1. The normalized spacial score (nSPS) is 10.2. The van der Waals surface area contributed by atoms with E-state index in [0.29, 0.717) is 11.5 Å². The average Bonchev–Trinajstić information content (AvgIpc) is 2.64. The molecule has 5 heteroatoms. The van der Waals surface area contributed by atoms with Gasteiger partial charge in [0.2, 0.25) is 5.91 Å². The number of nitrogens with zero attached hydrogens (tertiary/aromatic N) is 1. The molecule has 25 heavy (non-hydrogen) atoms. The van der Waals surface area contributed by atoms with Gasteiger partial charge in [-0.1, -0.05) is 6.07 Å². The molecular weight excluding hydrogens is 316 g/mol. The molecule has 0 aliphatic carbocycles. The molecule has 5 nitrogen and oxygen atoms in total. The first-order valence-corrected chi connectivity index (χ1v) is 8.47. The molecule has 0 radical (unpaired) electrons. The van der Waals surface area contributed by atoms with E-state index < -0.39 is 0 Å². The molecule has 1 N–H and O–H groups in total. The standard InChI is InChI=1S/C20H26N2O3/c1-5-22(6-2)17-10-8-16(9-11-17)21-20(23)14-15-7-12-18(24-3)19(13-15)25-4/h7-13H,5-6,14H2,1-4H3,(H,21,23). The van der Waals surface area contributed by atoms with Crippen LogP contribution in [-0.2, 0) is 11.2 Å². The van der Waals surface area contributed by atoms with Gasteiger partial charge in [-0.15, -0.1) is 0 Å². The van der Waals surface area contributed by atoms with E-state index in [9.17, 15) is 4.79 Å². The zero-order valence-corrected chi connectivity index (χ0v) is 15.3. The molecule has 2 rings (SSSR count). The van der Waals surface area contributed by atoms with Crippen molar-refractivity contribution < 1.29 is 14.3 Å². The lowest BCUT2D eigenvalue weighted by molar-refractivity contribution is -0.115. The molecule has 0 heterocycles. The zero-order chi connectivity index (χ0) is 18.2. The summed E-state index contributed by atoms with van der Waals surface area (Å²) in [5.41, 5.74) is 2.82. The van der Waals surface area contributed by atoms with E-state index in [1.807, 2.05) is 36.4 Å². The monoisotopic (exact) mass is 342 g/mol. The largest absolute Gasteiger partial charge is 0.493 e. The van der Waals surface area contributed by atoms with E-state index in [1.165, 1.54) is 0 Å². The maximum absolute atomic E-state index is 12.3. The van der Waals surface area contributed by atoms with E-state index in [4.69, 9.17) is 9.47 Å². The van der Waals surface area contributed by atoms with Crippen molar-refractivity contribution >= 4 is 17.3 Å². The Balaban J connectivity index is 2.00. The molecule has 0 spiro atoms. The highest BCUT2D eigenvalue weighted by molar-refractivity contribution is 5.92. The minimum Gasteiger partial charge on any atom is -0.493 e. The van der Waals surface area contributed by atoms with Crippen LogP contribution in [0.4, 0.5) is 11.4 Å². The second-order valence-electron chi connectivity index (χ2n) is 5.63. The molecule has 0 aliphatic heterocycles. The number of rotatable bonds is 8. The van der Waals surface area contributed by atoms with Gasteiger partial charge in [0.15, 0.2) is 11.5 Å². The lowest BCUT2D eigenvalue weighted by Crippen LogP contribution is -2.21. The van der Waals surface area contributed by atoms with Gasteiger partial charge >= 0.3 is 0 Å². The van der Waals surface area contributed by atoms with Gasteiger partial charge < -0.3 is 19.7 Å². The lowest BCUT2D eigenvalue weighted by atomic mass is 10.1. The first-order valence-electron chi connectivity index (χ1n) is 8.47. The smallest absolute Gasteiger partial charge is 0.228 e. The molecule has 134 valence electrons. The number of nitrogens with one attached hydrogen (secondary N) is 1. The van der Waals surface area contributed by atoms with E-state index in [1.54, 1.807) is 20.3 Å². The van der Waals surface area contributed by atoms with Gasteiger partial charge in [0, 0.05) is 24.5 Å². The van der Waals surface area contributed by atoms with Crippen LogP contribution in [0.1, 0.15) is 19.4 Å². The summed E-state index contributed by atoms with van der Waals surface area (Å²) in [6.45, 7) is 6.17. The lowest BCUT2D eigenvalue weighted by Gasteiger charge is -2.21. The predicted octanol–water partition coefficient (Wildman–Crippen LogP) is 3.73. The molecule has 0 unspecified atom stereocenters. The highest BCUT2D eigenvalue weighted by atomic mass is 16.5. The van der Waals surface area contributed by atoms with Crippen molar-refractivity contribution in [3.63, 3.8) is 0 Å². The second-order valence-corrected chi connectivity index (χ2v) is 5.63. The topological polar surface area (TPSA) is 50.8 Å². The Morgan fingerprint density at radius 2 is 1.60 bits per heavy atom. The molecule has 0 saturated carbocycles. The summed E-state index contributed by atoms with van der Waals surface area (Å²) in [5.74, 6) is 1.21. The Morgan fingerprint density at radius 1 is 0.960 bits per heavy atom. The molecule has 2 aromatic carbocycles. The molecule has 0 aliphatic rings. The average molecular weight is 342 g/mol. The Kier molecular flexibility index (Phi) is 6.69. The molecule has 0 saturated heterocycles. The molecular formula is C20H26N2O3. The third kappa shape index (κ3) is 4.89. The minimum atomic E-state index is -0.0668. The SMILES string of the molecule is CCN(CC)c1ccc(NC(=O)Cc2ccc(OC)c(OC)c2)cc1.